The summed E-state index contributed by atoms with van der Waals surface area (Å²) in [7, 11) is 4.29. The molecule has 0 spiro atoms. The van der Waals surface area contributed by atoms with E-state index in [1.54, 1.807) is 13.8 Å². The Labute approximate surface area is 120 Å². The van der Waals surface area contributed by atoms with Crippen molar-refractivity contribution in [3.05, 3.63) is 12.2 Å². The molecule has 0 aliphatic rings. The molecule has 0 fully saturated rings. The van der Waals surface area contributed by atoms with E-state index in [0.29, 0.717) is 12.2 Å². The Morgan fingerprint density at radius 1 is 1.05 bits per heavy atom. The van der Waals surface area contributed by atoms with Crippen LogP contribution in [0.15, 0.2) is 12.2 Å². The van der Waals surface area contributed by atoms with E-state index < -0.39 is 0 Å². The first-order valence-electron chi connectivity index (χ1n) is 7.43. The van der Waals surface area contributed by atoms with E-state index in [0.717, 1.165) is 0 Å². The Morgan fingerprint density at radius 3 is 1.95 bits per heavy atom. The van der Waals surface area contributed by atoms with Gasteiger partial charge in [-0.2, -0.15) is 0 Å². The Balaban J connectivity index is 0. The summed E-state index contributed by atoms with van der Waals surface area (Å²) in [6, 6.07) is 0. The summed E-state index contributed by atoms with van der Waals surface area (Å²) in [5.74, 6) is -0.312. The molecule has 0 aromatic carbocycles. The number of esters is 1. The van der Waals surface area contributed by atoms with E-state index in [2.05, 4.69) is 37.2 Å². The first-order chi connectivity index (χ1) is 8.95. The highest BCUT2D eigenvalue weighted by molar-refractivity contribution is 5.86. The van der Waals surface area contributed by atoms with Gasteiger partial charge in [0.25, 0.3) is 0 Å². The van der Waals surface area contributed by atoms with Crippen molar-refractivity contribution in [1.29, 1.82) is 0 Å². The minimum Gasteiger partial charge on any atom is -0.463 e. The molecule has 0 saturated carbocycles. The van der Waals surface area contributed by atoms with Crippen LogP contribution in [0.2, 0.25) is 0 Å². The second-order valence-corrected chi connectivity index (χ2v) is 5.07. The minimum absolute atomic E-state index is 0.312. The molecule has 19 heavy (non-hydrogen) atoms. The predicted molar refractivity (Wildman–Crippen MR) is 83.4 cm³/mol. The molecule has 0 unspecified atom stereocenters. The third-order valence-corrected chi connectivity index (χ3v) is 2.58. The van der Waals surface area contributed by atoms with Crippen LogP contribution in [0.25, 0.3) is 0 Å². The molecule has 0 heterocycles. The van der Waals surface area contributed by atoms with Crippen LogP contribution < -0.4 is 0 Å². The van der Waals surface area contributed by atoms with Crippen molar-refractivity contribution in [3.63, 3.8) is 0 Å². The zero-order valence-corrected chi connectivity index (χ0v) is 13.6. The van der Waals surface area contributed by atoms with Crippen LogP contribution in [0.3, 0.4) is 0 Å². The van der Waals surface area contributed by atoms with Gasteiger partial charge in [0.1, 0.15) is 0 Å². The maximum atomic E-state index is 10.4. The van der Waals surface area contributed by atoms with E-state index >= 15 is 0 Å². The number of nitrogens with zero attached hydrogens (tertiary/aromatic N) is 1. The molecule has 0 radical (unpaired) electrons. The number of carbonyl (C=O) groups is 1. The number of hydrogen-bond donors (Lipinski definition) is 0. The number of rotatable bonds is 9. The largest absolute Gasteiger partial charge is 0.463 e. The molecule has 114 valence electrons. The molecule has 3 nitrogen and oxygen atoms in total. The van der Waals surface area contributed by atoms with Gasteiger partial charge in [-0.25, -0.2) is 4.79 Å². The zero-order valence-electron chi connectivity index (χ0n) is 13.6. The van der Waals surface area contributed by atoms with E-state index in [4.69, 9.17) is 0 Å². The Bertz CT molecular complexity index is 225. The van der Waals surface area contributed by atoms with E-state index in [9.17, 15) is 4.79 Å². The van der Waals surface area contributed by atoms with Crippen molar-refractivity contribution >= 4 is 5.97 Å². The fraction of sp³-hybridized carbons (Fsp3) is 0.812. The van der Waals surface area contributed by atoms with Gasteiger partial charge in [0.15, 0.2) is 0 Å². The minimum atomic E-state index is -0.312. The summed E-state index contributed by atoms with van der Waals surface area (Å²) in [6.07, 6.45) is 8.43. The molecule has 0 N–H and O–H groups in total. The molecule has 3 heteroatoms. The van der Waals surface area contributed by atoms with Gasteiger partial charge < -0.3 is 9.64 Å². The van der Waals surface area contributed by atoms with Crippen LogP contribution in [0.1, 0.15) is 59.3 Å². The van der Waals surface area contributed by atoms with Gasteiger partial charge in [-0.1, -0.05) is 45.6 Å². The number of carbonyl (C=O) groups excluding carboxylic acids is 1. The van der Waals surface area contributed by atoms with E-state index in [1.807, 2.05) is 0 Å². The highest BCUT2D eigenvalue weighted by atomic mass is 16.5. The average Bonchev–Trinajstić information content (AvgIpc) is 2.34. The molecule has 0 atom stereocenters. The van der Waals surface area contributed by atoms with Crippen molar-refractivity contribution in [2.75, 3.05) is 27.2 Å². The first kappa shape index (κ1) is 20.5. The second kappa shape index (κ2) is 15.2. The summed E-state index contributed by atoms with van der Waals surface area (Å²) in [4.78, 5) is 12.7. The Morgan fingerprint density at radius 2 is 1.58 bits per heavy atom. The molecule has 0 aromatic rings. The molecular weight excluding hydrogens is 238 g/mol. The molecule has 0 rings (SSSR count). The summed E-state index contributed by atoms with van der Waals surface area (Å²) in [6.45, 7) is 10.7. The van der Waals surface area contributed by atoms with Crippen molar-refractivity contribution in [2.45, 2.75) is 59.3 Å². The molecule has 0 amide bonds. The van der Waals surface area contributed by atoms with Gasteiger partial charge in [-0.05, 0) is 40.9 Å². The summed E-state index contributed by atoms with van der Waals surface area (Å²) >= 11 is 0. The highest BCUT2D eigenvalue weighted by Gasteiger charge is 1.98. The van der Waals surface area contributed by atoms with Crippen LogP contribution >= 0.6 is 0 Å². The summed E-state index contributed by atoms with van der Waals surface area (Å²) in [5.41, 5.74) is 0.451. The van der Waals surface area contributed by atoms with Crippen LogP contribution in [0, 0.1) is 0 Å². The number of unbranched alkanes of at least 4 members (excludes halogenated alkanes) is 5. The van der Waals surface area contributed by atoms with Crippen molar-refractivity contribution in [1.82, 2.24) is 4.90 Å². The second-order valence-electron chi connectivity index (χ2n) is 5.07. The molecule has 0 aliphatic carbocycles. The number of ether oxygens (including phenoxy) is 1. The lowest BCUT2D eigenvalue weighted by atomic mass is 10.1. The van der Waals surface area contributed by atoms with E-state index in [1.165, 1.54) is 45.1 Å². The highest BCUT2D eigenvalue weighted by Crippen LogP contribution is 2.04. The van der Waals surface area contributed by atoms with Crippen LogP contribution in [0.4, 0.5) is 0 Å². The molecular formula is C16H33NO2. The number of hydrogen-bond acceptors (Lipinski definition) is 3. The van der Waals surface area contributed by atoms with Crippen LogP contribution in [-0.2, 0) is 9.53 Å². The Hall–Kier alpha value is -0.830. The smallest absolute Gasteiger partial charge is 0.333 e. The molecule has 0 bridgehead atoms. The standard InChI is InChI=1S/C10H23N.C6H10O2/c1-4-5-6-7-8-9-10-11(2)3;1-4-8-6(7)5(2)3/h4-10H2,1-3H3;2,4H2,1,3H3. The molecule has 0 aliphatic heterocycles. The molecule has 0 saturated heterocycles. The fourth-order valence-corrected chi connectivity index (χ4v) is 1.46. The van der Waals surface area contributed by atoms with E-state index in [-0.39, 0.29) is 5.97 Å². The predicted octanol–water partition coefficient (Wildman–Crippen LogP) is 4.03. The lowest BCUT2D eigenvalue weighted by Crippen LogP contribution is -2.12. The van der Waals surface area contributed by atoms with Crippen LogP contribution in [0.5, 0.6) is 0 Å². The van der Waals surface area contributed by atoms with Gasteiger partial charge in [0.05, 0.1) is 6.61 Å². The lowest BCUT2D eigenvalue weighted by Gasteiger charge is -2.08. The maximum absolute atomic E-state index is 10.4. The zero-order chi connectivity index (χ0) is 15.1. The quantitative estimate of drug-likeness (QED) is 0.360. The fourth-order valence-electron chi connectivity index (χ4n) is 1.46. The average molecular weight is 271 g/mol. The monoisotopic (exact) mass is 271 g/mol. The Kier molecular flexibility index (Phi) is 16.4. The lowest BCUT2D eigenvalue weighted by molar-refractivity contribution is -0.138. The van der Waals surface area contributed by atoms with Crippen molar-refractivity contribution in [3.8, 4) is 0 Å². The maximum Gasteiger partial charge on any atom is 0.333 e. The third kappa shape index (κ3) is 19.7. The van der Waals surface area contributed by atoms with Gasteiger partial charge in [-0.15, -0.1) is 0 Å². The SMILES string of the molecule is C=C(C)C(=O)OCC.CCCCCCCCN(C)C. The van der Waals surface area contributed by atoms with Gasteiger partial charge in [-0.3, -0.25) is 0 Å². The van der Waals surface area contributed by atoms with Gasteiger partial charge in [0.2, 0.25) is 0 Å². The van der Waals surface area contributed by atoms with Crippen molar-refractivity contribution in [2.24, 2.45) is 0 Å². The third-order valence-electron chi connectivity index (χ3n) is 2.58. The molecule has 0 aromatic heterocycles. The van der Waals surface area contributed by atoms with Crippen molar-refractivity contribution < 1.29 is 9.53 Å². The van der Waals surface area contributed by atoms with Gasteiger partial charge >= 0.3 is 5.97 Å². The normalized spacial score (nSPS) is 9.79. The first-order valence-corrected chi connectivity index (χ1v) is 7.43. The topological polar surface area (TPSA) is 29.5 Å². The van der Waals surface area contributed by atoms with Crippen LogP contribution in [-0.4, -0.2) is 38.1 Å². The van der Waals surface area contributed by atoms with Gasteiger partial charge in [0, 0.05) is 5.57 Å². The summed E-state index contributed by atoms with van der Waals surface area (Å²) in [5, 5.41) is 0. The summed E-state index contributed by atoms with van der Waals surface area (Å²) < 4.78 is 4.56.